The first-order chi connectivity index (χ1) is 5.81. The van der Waals surface area contributed by atoms with E-state index in [1.165, 1.54) is 0 Å². The standard InChI is InChI=1S/C8H18N2O2/c1-3-12-8(11)4-5-10-7-6-9-2/h9-10H,3-7H2,1-2H3. The molecule has 0 rings (SSSR count). The molecule has 0 aromatic heterocycles. The molecule has 0 fully saturated rings. The van der Waals surface area contributed by atoms with Crippen molar-refractivity contribution in [3.05, 3.63) is 0 Å². The Balaban J connectivity index is 3.03. The lowest BCUT2D eigenvalue weighted by molar-refractivity contribution is -0.142. The Labute approximate surface area is 73.7 Å². The van der Waals surface area contributed by atoms with Crippen molar-refractivity contribution in [2.75, 3.05) is 33.3 Å². The van der Waals surface area contributed by atoms with Crippen molar-refractivity contribution in [2.45, 2.75) is 13.3 Å². The maximum atomic E-state index is 10.8. The van der Waals surface area contributed by atoms with E-state index < -0.39 is 0 Å². The van der Waals surface area contributed by atoms with Gasteiger partial charge in [-0.25, -0.2) is 0 Å². The van der Waals surface area contributed by atoms with Crippen molar-refractivity contribution < 1.29 is 9.53 Å². The van der Waals surface area contributed by atoms with Crippen LogP contribution in [0.4, 0.5) is 0 Å². The van der Waals surface area contributed by atoms with Gasteiger partial charge in [-0.3, -0.25) is 4.79 Å². The second kappa shape index (κ2) is 8.49. The van der Waals surface area contributed by atoms with Crippen LogP contribution >= 0.6 is 0 Å². The van der Waals surface area contributed by atoms with Gasteiger partial charge in [0.2, 0.25) is 0 Å². The van der Waals surface area contributed by atoms with E-state index in [0.717, 1.165) is 13.1 Å². The maximum absolute atomic E-state index is 10.8. The number of esters is 1. The molecule has 0 aliphatic heterocycles. The van der Waals surface area contributed by atoms with Crippen LogP contribution < -0.4 is 10.6 Å². The SMILES string of the molecule is CCOC(=O)CCNCCNC. The predicted molar refractivity (Wildman–Crippen MR) is 48.0 cm³/mol. The molecule has 4 heteroatoms. The number of hydrogen-bond acceptors (Lipinski definition) is 4. The summed E-state index contributed by atoms with van der Waals surface area (Å²) in [6, 6.07) is 0. The highest BCUT2D eigenvalue weighted by Gasteiger charge is 1.98. The van der Waals surface area contributed by atoms with Crippen LogP contribution in [-0.4, -0.2) is 39.3 Å². The highest BCUT2D eigenvalue weighted by Crippen LogP contribution is 1.83. The lowest BCUT2D eigenvalue weighted by atomic mass is 10.4. The third-order valence-electron chi connectivity index (χ3n) is 1.36. The van der Waals surface area contributed by atoms with Gasteiger partial charge in [0.15, 0.2) is 0 Å². The van der Waals surface area contributed by atoms with E-state index >= 15 is 0 Å². The Morgan fingerprint density at radius 3 is 2.67 bits per heavy atom. The van der Waals surface area contributed by atoms with Gasteiger partial charge < -0.3 is 15.4 Å². The highest BCUT2D eigenvalue weighted by molar-refractivity contribution is 5.69. The first kappa shape index (κ1) is 11.4. The third-order valence-corrected chi connectivity index (χ3v) is 1.36. The van der Waals surface area contributed by atoms with Crippen molar-refractivity contribution in [2.24, 2.45) is 0 Å². The molecule has 72 valence electrons. The molecule has 12 heavy (non-hydrogen) atoms. The summed E-state index contributed by atoms with van der Waals surface area (Å²) in [5.74, 6) is -0.130. The molecule has 0 heterocycles. The normalized spacial score (nSPS) is 9.83. The van der Waals surface area contributed by atoms with Gasteiger partial charge in [-0.15, -0.1) is 0 Å². The van der Waals surface area contributed by atoms with Crippen molar-refractivity contribution in [3.8, 4) is 0 Å². The van der Waals surface area contributed by atoms with Crippen LogP contribution in [0.3, 0.4) is 0 Å². The zero-order valence-electron chi connectivity index (χ0n) is 7.85. The summed E-state index contributed by atoms with van der Waals surface area (Å²) in [6.07, 6.45) is 0.456. The van der Waals surface area contributed by atoms with E-state index in [-0.39, 0.29) is 5.97 Å². The molecule has 0 aliphatic rings. The van der Waals surface area contributed by atoms with E-state index in [1.807, 2.05) is 14.0 Å². The first-order valence-electron chi connectivity index (χ1n) is 4.32. The Kier molecular flexibility index (Phi) is 8.05. The Morgan fingerprint density at radius 2 is 2.08 bits per heavy atom. The fraction of sp³-hybridized carbons (Fsp3) is 0.875. The van der Waals surface area contributed by atoms with Crippen molar-refractivity contribution >= 4 is 5.97 Å². The molecule has 0 amide bonds. The molecule has 0 aromatic carbocycles. The van der Waals surface area contributed by atoms with Crippen LogP contribution in [0.25, 0.3) is 0 Å². The number of carbonyl (C=O) groups excluding carboxylic acids is 1. The van der Waals surface area contributed by atoms with Gasteiger partial charge in [0.25, 0.3) is 0 Å². The number of hydrogen-bond donors (Lipinski definition) is 2. The van der Waals surface area contributed by atoms with Gasteiger partial charge in [-0.2, -0.15) is 0 Å². The Morgan fingerprint density at radius 1 is 1.33 bits per heavy atom. The minimum absolute atomic E-state index is 0.130. The van der Waals surface area contributed by atoms with Crippen molar-refractivity contribution in [3.63, 3.8) is 0 Å². The van der Waals surface area contributed by atoms with Gasteiger partial charge in [0, 0.05) is 19.6 Å². The van der Waals surface area contributed by atoms with Gasteiger partial charge in [0.05, 0.1) is 13.0 Å². The van der Waals surface area contributed by atoms with Crippen LogP contribution in [0.2, 0.25) is 0 Å². The van der Waals surface area contributed by atoms with Crippen molar-refractivity contribution in [1.29, 1.82) is 0 Å². The largest absolute Gasteiger partial charge is 0.466 e. The maximum Gasteiger partial charge on any atom is 0.307 e. The van der Waals surface area contributed by atoms with E-state index in [1.54, 1.807) is 0 Å². The first-order valence-corrected chi connectivity index (χ1v) is 4.32. The second-order valence-corrected chi connectivity index (χ2v) is 2.41. The number of nitrogens with one attached hydrogen (secondary N) is 2. The lowest BCUT2D eigenvalue weighted by Gasteiger charge is -2.03. The smallest absolute Gasteiger partial charge is 0.307 e. The molecule has 0 saturated heterocycles. The van der Waals surface area contributed by atoms with Crippen LogP contribution in [0.1, 0.15) is 13.3 Å². The minimum atomic E-state index is -0.130. The van der Waals surface area contributed by atoms with Crippen LogP contribution in [0, 0.1) is 0 Å². The zero-order valence-corrected chi connectivity index (χ0v) is 7.85. The van der Waals surface area contributed by atoms with E-state index in [9.17, 15) is 4.79 Å². The monoisotopic (exact) mass is 174 g/mol. The number of likely N-dealkylation sites (N-methyl/N-ethyl adjacent to an activating group) is 1. The summed E-state index contributed by atoms with van der Waals surface area (Å²) in [5.41, 5.74) is 0. The van der Waals surface area contributed by atoms with Crippen molar-refractivity contribution in [1.82, 2.24) is 10.6 Å². The van der Waals surface area contributed by atoms with Gasteiger partial charge in [0.1, 0.15) is 0 Å². The van der Waals surface area contributed by atoms with E-state index in [0.29, 0.717) is 19.6 Å². The quantitative estimate of drug-likeness (QED) is 0.413. The van der Waals surface area contributed by atoms with Gasteiger partial charge in [-0.1, -0.05) is 0 Å². The average Bonchev–Trinajstić information content (AvgIpc) is 2.05. The number of rotatable bonds is 7. The van der Waals surface area contributed by atoms with Crippen LogP contribution in [0.15, 0.2) is 0 Å². The number of ether oxygens (including phenoxy) is 1. The minimum Gasteiger partial charge on any atom is -0.466 e. The van der Waals surface area contributed by atoms with Gasteiger partial charge in [-0.05, 0) is 14.0 Å². The molecule has 4 nitrogen and oxygen atoms in total. The molecule has 0 unspecified atom stereocenters. The van der Waals surface area contributed by atoms with Gasteiger partial charge >= 0.3 is 5.97 Å². The molecule has 0 radical (unpaired) electrons. The fourth-order valence-corrected chi connectivity index (χ4v) is 0.762. The molecule has 0 atom stereocenters. The average molecular weight is 174 g/mol. The zero-order chi connectivity index (χ0) is 9.23. The molecular formula is C8H18N2O2. The topological polar surface area (TPSA) is 50.4 Å². The summed E-state index contributed by atoms with van der Waals surface area (Å²) >= 11 is 0. The molecule has 0 aliphatic carbocycles. The number of carbonyl (C=O) groups is 1. The summed E-state index contributed by atoms with van der Waals surface area (Å²) in [7, 11) is 1.90. The molecule has 0 spiro atoms. The summed E-state index contributed by atoms with van der Waals surface area (Å²) < 4.78 is 4.75. The summed E-state index contributed by atoms with van der Waals surface area (Å²) in [4.78, 5) is 10.8. The summed E-state index contributed by atoms with van der Waals surface area (Å²) in [6.45, 7) is 4.78. The Hall–Kier alpha value is -0.610. The molecular weight excluding hydrogens is 156 g/mol. The molecule has 0 saturated carbocycles. The highest BCUT2D eigenvalue weighted by atomic mass is 16.5. The van der Waals surface area contributed by atoms with E-state index in [4.69, 9.17) is 4.74 Å². The molecule has 0 aromatic rings. The third kappa shape index (κ3) is 7.50. The second-order valence-electron chi connectivity index (χ2n) is 2.41. The lowest BCUT2D eigenvalue weighted by Crippen LogP contribution is -2.27. The fourth-order valence-electron chi connectivity index (χ4n) is 0.762. The van der Waals surface area contributed by atoms with E-state index in [2.05, 4.69) is 10.6 Å². The molecule has 2 N–H and O–H groups in total. The summed E-state index contributed by atoms with van der Waals surface area (Å²) in [5, 5.41) is 6.11. The molecule has 0 bridgehead atoms. The van der Waals surface area contributed by atoms with Crippen LogP contribution in [0.5, 0.6) is 0 Å². The van der Waals surface area contributed by atoms with Crippen LogP contribution in [-0.2, 0) is 9.53 Å². The predicted octanol–water partition coefficient (Wildman–Crippen LogP) is -0.251. The Bertz CT molecular complexity index is 118.